The molecule has 1 aromatic rings. The van der Waals surface area contributed by atoms with Crippen LogP contribution in [0.4, 0.5) is 5.69 Å². The lowest BCUT2D eigenvalue weighted by atomic mass is 9.84. The second kappa shape index (κ2) is 14.0. The van der Waals surface area contributed by atoms with Gasteiger partial charge >= 0.3 is 0 Å². The van der Waals surface area contributed by atoms with Gasteiger partial charge in [0.25, 0.3) is 5.91 Å². The van der Waals surface area contributed by atoms with Crippen LogP contribution in [0.1, 0.15) is 73.4 Å². The monoisotopic (exact) mass is 583 g/mol. The van der Waals surface area contributed by atoms with E-state index in [1.165, 1.54) is 5.56 Å². The standard InChI is InChI=1S/C32H53N7O3/c1-21-15-22(2)36-32(41)29(21)19-34-31(40)28-16-24(17-30(23(28)3)37(4)27-7-5-26(33)6-8-27)25-18-35-39(20-25)10-9-38-11-13-42-14-12-38/h16-17,21-22,25-27,29,35H,5-15,18-20,33H2,1-4H3,(H,34,40)(H,36,41)/t21?,22?,25?,26-,27-,29?. The fourth-order valence-electron chi connectivity index (χ4n) is 7.34. The van der Waals surface area contributed by atoms with Crippen molar-refractivity contribution in [2.45, 2.75) is 76.9 Å². The predicted octanol–water partition coefficient (Wildman–Crippen LogP) is 1.83. The average Bonchev–Trinajstić information content (AvgIpc) is 3.45. The van der Waals surface area contributed by atoms with E-state index in [1.54, 1.807) is 0 Å². The van der Waals surface area contributed by atoms with Crippen LogP contribution in [0.2, 0.25) is 0 Å². The Bertz CT molecular complexity index is 1090. The van der Waals surface area contributed by atoms with Crippen molar-refractivity contribution >= 4 is 17.5 Å². The van der Waals surface area contributed by atoms with Gasteiger partial charge in [-0.05, 0) is 75.1 Å². The summed E-state index contributed by atoms with van der Waals surface area (Å²) in [5.41, 5.74) is 13.9. The van der Waals surface area contributed by atoms with E-state index in [0.717, 1.165) is 95.8 Å². The number of ether oxygens (including phenoxy) is 1. The largest absolute Gasteiger partial charge is 0.379 e. The van der Waals surface area contributed by atoms with E-state index in [9.17, 15) is 9.59 Å². The molecule has 0 radical (unpaired) electrons. The van der Waals surface area contributed by atoms with Crippen molar-refractivity contribution in [2.75, 3.05) is 71.0 Å². The van der Waals surface area contributed by atoms with E-state index in [-0.39, 0.29) is 29.7 Å². The Morgan fingerprint density at radius 2 is 1.88 bits per heavy atom. The zero-order valence-corrected chi connectivity index (χ0v) is 26.2. The minimum atomic E-state index is -0.207. The third-order valence-electron chi connectivity index (χ3n) is 10.2. The lowest BCUT2D eigenvalue weighted by Crippen LogP contribution is -2.50. The molecule has 1 saturated carbocycles. The maximum absolute atomic E-state index is 13.8. The molecule has 3 heterocycles. The first-order valence-electron chi connectivity index (χ1n) is 16.2. The highest BCUT2D eigenvalue weighted by atomic mass is 16.5. The molecule has 1 aliphatic carbocycles. The first kappa shape index (κ1) is 31.2. The summed E-state index contributed by atoms with van der Waals surface area (Å²) >= 11 is 0. The van der Waals surface area contributed by atoms with Gasteiger partial charge in [-0.15, -0.1) is 0 Å². The van der Waals surface area contributed by atoms with Crippen LogP contribution in [0.15, 0.2) is 12.1 Å². The Morgan fingerprint density at radius 1 is 1.14 bits per heavy atom. The van der Waals surface area contributed by atoms with Crippen molar-refractivity contribution in [2.24, 2.45) is 17.6 Å². The molecular weight excluding hydrogens is 530 g/mol. The van der Waals surface area contributed by atoms with Crippen molar-refractivity contribution < 1.29 is 14.3 Å². The van der Waals surface area contributed by atoms with E-state index in [1.807, 2.05) is 6.92 Å². The lowest BCUT2D eigenvalue weighted by molar-refractivity contribution is -0.129. The molecule has 3 aliphatic heterocycles. The molecule has 0 aromatic heterocycles. The number of morpholine rings is 1. The number of hydrogen-bond acceptors (Lipinski definition) is 8. The van der Waals surface area contributed by atoms with Gasteiger partial charge in [0.15, 0.2) is 0 Å². The Labute approximate surface area is 252 Å². The number of carbonyl (C=O) groups excluding carboxylic acids is 2. The van der Waals surface area contributed by atoms with Crippen LogP contribution >= 0.6 is 0 Å². The molecule has 4 fully saturated rings. The molecule has 1 aromatic carbocycles. The first-order valence-corrected chi connectivity index (χ1v) is 16.2. The maximum atomic E-state index is 13.8. The van der Waals surface area contributed by atoms with E-state index < -0.39 is 0 Å². The van der Waals surface area contributed by atoms with Gasteiger partial charge in [0.05, 0.1) is 19.1 Å². The number of rotatable bonds is 9. The summed E-state index contributed by atoms with van der Waals surface area (Å²) in [5, 5.41) is 8.53. The van der Waals surface area contributed by atoms with Crippen molar-refractivity contribution in [3.8, 4) is 0 Å². The van der Waals surface area contributed by atoms with Crippen LogP contribution in [-0.2, 0) is 9.53 Å². The van der Waals surface area contributed by atoms with E-state index in [2.05, 4.69) is 63.9 Å². The summed E-state index contributed by atoms with van der Waals surface area (Å²) in [6, 6.07) is 5.30. The zero-order chi connectivity index (χ0) is 29.8. The highest BCUT2D eigenvalue weighted by molar-refractivity contribution is 5.97. The Kier molecular flexibility index (Phi) is 10.4. The number of nitrogens with two attached hydrogens (primary N) is 1. The van der Waals surface area contributed by atoms with Gasteiger partial charge in [0.1, 0.15) is 0 Å². The van der Waals surface area contributed by atoms with E-state index in [0.29, 0.717) is 30.1 Å². The van der Waals surface area contributed by atoms with Crippen LogP contribution in [0.5, 0.6) is 0 Å². The third-order valence-corrected chi connectivity index (χ3v) is 10.2. The number of hydrazine groups is 1. The third kappa shape index (κ3) is 7.45. The molecule has 10 heteroatoms. The summed E-state index contributed by atoms with van der Waals surface area (Å²) in [5.74, 6) is 0.259. The molecule has 4 aliphatic rings. The minimum absolute atomic E-state index is 0.0390. The lowest BCUT2D eigenvalue weighted by Gasteiger charge is -2.36. The first-order chi connectivity index (χ1) is 20.2. The average molecular weight is 584 g/mol. The van der Waals surface area contributed by atoms with Crippen LogP contribution in [0.3, 0.4) is 0 Å². The van der Waals surface area contributed by atoms with Gasteiger partial charge in [-0.25, -0.2) is 5.01 Å². The smallest absolute Gasteiger partial charge is 0.251 e. The summed E-state index contributed by atoms with van der Waals surface area (Å²) < 4.78 is 5.50. The highest BCUT2D eigenvalue weighted by Crippen LogP contribution is 2.34. The van der Waals surface area contributed by atoms with Crippen LogP contribution < -0.4 is 26.7 Å². The molecule has 234 valence electrons. The molecule has 4 unspecified atom stereocenters. The van der Waals surface area contributed by atoms with Crippen LogP contribution in [-0.4, -0.2) is 106 Å². The molecule has 0 bridgehead atoms. The number of nitrogens with zero attached hydrogens (tertiary/aromatic N) is 3. The van der Waals surface area contributed by atoms with Crippen LogP contribution in [0.25, 0.3) is 0 Å². The SMILES string of the molecule is Cc1c(C(=O)NCC2C(=O)NC(C)CC2C)cc(C2CNN(CCN3CCOCC3)C2)cc1N(C)[C@H]1CC[C@H](N)CC1. The van der Waals surface area contributed by atoms with Crippen molar-refractivity contribution in [3.05, 3.63) is 28.8 Å². The number of nitrogens with one attached hydrogen (secondary N) is 3. The van der Waals surface area contributed by atoms with Gasteiger partial charge in [-0.2, -0.15) is 0 Å². The second-order valence-corrected chi connectivity index (χ2v) is 13.3. The molecule has 5 N–H and O–H groups in total. The minimum Gasteiger partial charge on any atom is -0.379 e. The molecule has 2 amide bonds. The summed E-state index contributed by atoms with van der Waals surface area (Å²) in [7, 11) is 2.17. The fraction of sp³-hybridized carbons (Fsp3) is 0.750. The Balaban J connectivity index is 1.32. The Morgan fingerprint density at radius 3 is 2.60 bits per heavy atom. The quantitative estimate of drug-likeness (QED) is 0.348. The highest BCUT2D eigenvalue weighted by Gasteiger charge is 2.33. The molecular formula is C32H53N7O3. The van der Waals surface area contributed by atoms with Gasteiger partial charge in [0, 0.05) is 88.2 Å². The van der Waals surface area contributed by atoms with Crippen LogP contribution in [0, 0.1) is 18.8 Å². The molecule has 42 heavy (non-hydrogen) atoms. The summed E-state index contributed by atoms with van der Waals surface area (Å²) in [4.78, 5) is 31.3. The number of piperidine rings is 1. The topological polar surface area (TPSA) is 115 Å². The number of hydrogen-bond donors (Lipinski definition) is 4. The zero-order valence-electron chi connectivity index (χ0n) is 26.2. The van der Waals surface area contributed by atoms with Crippen molar-refractivity contribution in [1.82, 2.24) is 26.0 Å². The van der Waals surface area contributed by atoms with Gasteiger partial charge in [-0.3, -0.25) is 19.9 Å². The summed E-state index contributed by atoms with van der Waals surface area (Å²) in [6.07, 6.45) is 5.13. The van der Waals surface area contributed by atoms with Gasteiger partial charge in [0.2, 0.25) is 5.91 Å². The maximum Gasteiger partial charge on any atom is 0.251 e. The second-order valence-electron chi connectivity index (χ2n) is 13.3. The predicted molar refractivity (Wildman–Crippen MR) is 167 cm³/mol. The van der Waals surface area contributed by atoms with E-state index in [4.69, 9.17) is 10.5 Å². The molecule has 4 atom stereocenters. The number of carbonyl (C=O) groups is 2. The molecule has 3 saturated heterocycles. The number of amides is 2. The van der Waals surface area contributed by atoms with E-state index >= 15 is 0 Å². The summed E-state index contributed by atoms with van der Waals surface area (Å²) in [6.45, 7) is 13.9. The normalized spacial score (nSPS) is 31.1. The van der Waals surface area contributed by atoms with Crippen molar-refractivity contribution in [1.29, 1.82) is 0 Å². The Hall–Kier alpha value is -2.24. The number of anilines is 1. The van der Waals surface area contributed by atoms with Crippen molar-refractivity contribution in [3.63, 3.8) is 0 Å². The van der Waals surface area contributed by atoms with Gasteiger partial charge in [-0.1, -0.05) is 6.92 Å². The number of benzene rings is 1. The molecule has 0 spiro atoms. The molecule has 5 rings (SSSR count). The fourth-order valence-corrected chi connectivity index (χ4v) is 7.34. The molecule has 10 nitrogen and oxygen atoms in total. The van der Waals surface area contributed by atoms with Gasteiger partial charge < -0.3 is 26.0 Å².